The lowest BCUT2D eigenvalue weighted by molar-refractivity contribution is -0.284. The number of thiophene rings is 1. The zero-order valence-corrected chi connectivity index (χ0v) is 21.5. The highest BCUT2D eigenvalue weighted by Gasteiger charge is 2.38. The molecule has 0 aliphatic carbocycles. The minimum Gasteiger partial charge on any atom is -0.364 e. The average molecular weight is 541 g/mol. The first kappa shape index (κ1) is 24.3. The third-order valence-electron chi connectivity index (χ3n) is 7.25. The lowest BCUT2D eigenvalue weighted by Crippen LogP contribution is -2.47. The van der Waals surface area contributed by atoms with E-state index in [4.69, 9.17) is 16.5 Å². The number of likely N-dealkylation sites (tertiary alicyclic amines) is 1. The van der Waals surface area contributed by atoms with Crippen LogP contribution in [0.4, 0.5) is 5.69 Å². The summed E-state index contributed by atoms with van der Waals surface area (Å²) in [5.74, 6) is -0.258. The number of halogens is 1. The van der Waals surface area contributed by atoms with E-state index in [1.807, 2.05) is 24.3 Å². The van der Waals surface area contributed by atoms with E-state index in [0.29, 0.717) is 24.6 Å². The molecule has 6 rings (SSSR count). The number of rotatable bonds is 7. The van der Waals surface area contributed by atoms with Crippen LogP contribution < -0.4 is 10.2 Å². The number of nitrogens with one attached hydrogen (secondary N) is 1. The Bertz CT molecular complexity index is 1380. The van der Waals surface area contributed by atoms with Gasteiger partial charge in [0.25, 0.3) is 0 Å². The molecule has 3 aliphatic heterocycles. The molecule has 2 saturated heterocycles. The topological polar surface area (TPSA) is 101 Å². The van der Waals surface area contributed by atoms with E-state index in [1.54, 1.807) is 17.5 Å². The van der Waals surface area contributed by atoms with Gasteiger partial charge in [-0.2, -0.15) is 4.89 Å². The number of imide groups is 1. The van der Waals surface area contributed by atoms with Gasteiger partial charge in [-0.05, 0) is 42.7 Å². The van der Waals surface area contributed by atoms with E-state index < -0.39 is 0 Å². The third kappa shape index (κ3) is 4.48. The van der Waals surface area contributed by atoms with Crippen molar-refractivity contribution in [1.29, 1.82) is 0 Å². The first-order valence-electron chi connectivity index (χ1n) is 12.3. The summed E-state index contributed by atoms with van der Waals surface area (Å²) in [5, 5.41) is 4.01. The number of fused-ring (bicyclic) bond motifs is 2. The van der Waals surface area contributed by atoms with Crippen molar-refractivity contribution in [2.45, 2.75) is 44.4 Å². The van der Waals surface area contributed by atoms with Gasteiger partial charge in [-0.25, -0.2) is 0 Å². The SMILES string of the molecule is O=COOC1CNCC1N1CCCc2cc(Cl)cc(-c3ccnc4cc(CN5C(=O)CCC5=O)sc34)c21. The summed E-state index contributed by atoms with van der Waals surface area (Å²) < 4.78 is 0.980. The van der Waals surface area contributed by atoms with Crippen LogP contribution in [-0.2, 0) is 37.1 Å². The van der Waals surface area contributed by atoms with Gasteiger partial charge in [0.1, 0.15) is 6.10 Å². The highest BCUT2D eigenvalue weighted by atomic mass is 35.5. The number of benzene rings is 1. The summed E-state index contributed by atoms with van der Waals surface area (Å²) in [7, 11) is 0. The summed E-state index contributed by atoms with van der Waals surface area (Å²) in [6.07, 6.45) is 3.89. The van der Waals surface area contributed by atoms with Crippen molar-refractivity contribution in [2.24, 2.45) is 0 Å². The molecule has 3 aliphatic rings. The Hall–Kier alpha value is -3.05. The monoisotopic (exact) mass is 540 g/mol. The van der Waals surface area contributed by atoms with Crippen molar-refractivity contribution in [2.75, 3.05) is 24.5 Å². The van der Waals surface area contributed by atoms with Crippen LogP contribution in [0.15, 0.2) is 30.5 Å². The molecule has 9 nitrogen and oxygen atoms in total. The second-order valence-corrected chi connectivity index (χ2v) is 11.0. The Morgan fingerprint density at radius 1 is 1.14 bits per heavy atom. The van der Waals surface area contributed by atoms with E-state index in [9.17, 15) is 14.4 Å². The molecule has 2 aromatic heterocycles. The maximum Gasteiger partial charge on any atom is 0.330 e. The fourth-order valence-corrected chi connectivity index (χ4v) is 7.02. The lowest BCUT2D eigenvalue weighted by Gasteiger charge is -2.39. The maximum absolute atomic E-state index is 12.2. The Morgan fingerprint density at radius 2 is 1.97 bits per heavy atom. The molecule has 2 amide bonds. The lowest BCUT2D eigenvalue weighted by atomic mass is 9.92. The van der Waals surface area contributed by atoms with Gasteiger partial charge in [-0.15, -0.1) is 11.3 Å². The van der Waals surface area contributed by atoms with Crippen molar-refractivity contribution in [3.8, 4) is 11.1 Å². The van der Waals surface area contributed by atoms with E-state index in [2.05, 4.69) is 20.1 Å². The molecule has 1 aromatic carbocycles. The van der Waals surface area contributed by atoms with Crippen LogP contribution in [-0.4, -0.2) is 60.0 Å². The second kappa shape index (κ2) is 10.0. The molecule has 1 N–H and O–H groups in total. The van der Waals surface area contributed by atoms with E-state index in [1.165, 1.54) is 4.90 Å². The fraction of sp³-hybridized carbons (Fsp3) is 0.385. The van der Waals surface area contributed by atoms with Gasteiger partial charge in [0.05, 0.1) is 22.8 Å². The summed E-state index contributed by atoms with van der Waals surface area (Å²) in [6.45, 7) is 2.67. The van der Waals surface area contributed by atoms with Gasteiger partial charge < -0.3 is 15.1 Å². The number of carbonyl (C=O) groups is 3. The predicted molar refractivity (Wildman–Crippen MR) is 139 cm³/mol. The van der Waals surface area contributed by atoms with Crippen LogP contribution in [0, 0.1) is 0 Å². The maximum atomic E-state index is 12.2. The van der Waals surface area contributed by atoms with Gasteiger partial charge in [0, 0.05) is 65.4 Å². The summed E-state index contributed by atoms with van der Waals surface area (Å²) in [5.41, 5.74) is 5.06. The summed E-state index contributed by atoms with van der Waals surface area (Å²) >= 11 is 8.18. The van der Waals surface area contributed by atoms with Gasteiger partial charge in [-0.1, -0.05) is 11.6 Å². The molecule has 5 heterocycles. The molecule has 192 valence electrons. The largest absolute Gasteiger partial charge is 0.364 e. The smallest absolute Gasteiger partial charge is 0.330 e. The van der Waals surface area contributed by atoms with E-state index in [-0.39, 0.29) is 43.3 Å². The van der Waals surface area contributed by atoms with Crippen LogP contribution in [0.1, 0.15) is 29.7 Å². The molecule has 0 saturated carbocycles. The van der Waals surface area contributed by atoms with Gasteiger partial charge >= 0.3 is 6.47 Å². The third-order valence-corrected chi connectivity index (χ3v) is 8.62. The quantitative estimate of drug-likeness (QED) is 0.210. The number of nitrogens with zero attached hydrogens (tertiary/aromatic N) is 3. The normalized spacial score (nSPS) is 21.6. The first-order valence-corrected chi connectivity index (χ1v) is 13.5. The van der Waals surface area contributed by atoms with Gasteiger partial charge in [0.15, 0.2) is 0 Å². The van der Waals surface area contributed by atoms with Crippen LogP contribution in [0.25, 0.3) is 21.3 Å². The number of hydrogen-bond donors (Lipinski definition) is 1. The number of anilines is 1. The summed E-state index contributed by atoms with van der Waals surface area (Å²) in [6, 6.07) is 7.93. The molecule has 0 radical (unpaired) electrons. The average Bonchev–Trinajstić information content (AvgIpc) is 3.61. The number of aromatic nitrogens is 1. The van der Waals surface area contributed by atoms with Gasteiger partial charge in [0.2, 0.25) is 11.8 Å². The van der Waals surface area contributed by atoms with Crippen molar-refractivity contribution < 1.29 is 24.2 Å². The van der Waals surface area contributed by atoms with E-state index in [0.717, 1.165) is 56.9 Å². The number of carbonyl (C=O) groups excluding carboxylic acids is 3. The standard InChI is InChI=1S/C26H25ClN4O5S/c27-16-8-15-2-1-7-30(21-11-28-12-22(21)36-35-14-32)25(15)19(9-16)18-5-6-29-20-10-17(37-26(18)20)13-31-23(33)3-4-24(31)34/h5-6,8-10,14,21-22,28H,1-4,7,11-13H2. The number of hydrogen-bond acceptors (Lipinski definition) is 9. The van der Waals surface area contributed by atoms with E-state index >= 15 is 0 Å². The molecule has 2 atom stereocenters. The minimum absolute atomic E-state index is 0.0256. The van der Waals surface area contributed by atoms with Crippen molar-refractivity contribution >= 4 is 57.1 Å². The van der Waals surface area contributed by atoms with Gasteiger partial charge in [-0.3, -0.25) is 24.3 Å². The van der Waals surface area contributed by atoms with Crippen LogP contribution >= 0.6 is 22.9 Å². The molecule has 37 heavy (non-hydrogen) atoms. The first-order chi connectivity index (χ1) is 18.0. The second-order valence-electron chi connectivity index (χ2n) is 9.47. The Morgan fingerprint density at radius 3 is 2.78 bits per heavy atom. The van der Waals surface area contributed by atoms with Crippen LogP contribution in [0.2, 0.25) is 5.02 Å². The van der Waals surface area contributed by atoms with Crippen molar-refractivity contribution in [1.82, 2.24) is 15.2 Å². The number of amides is 2. The molecule has 0 spiro atoms. The predicted octanol–water partition coefficient (Wildman–Crippen LogP) is 3.46. The Balaban J connectivity index is 1.42. The molecular formula is C26H25ClN4O5S. The molecule has 3 aromatic rings. The number of pyridine rings is 1. The molecule has 11 heteroatoms. The highest BCUT2D eigenvalue weighted by Crippen LogP contribution is 2.45. The van der Waals surface area contributed by atoms with Crippen molar-refractivity contribution in [3.63, 3.8) is 0 Å². The molecule has 2 fully saturated rings. The van der Waals surface area contributed by atoms with Crippen molar-refractivity contribution in [3.05, 3.63) is 45.9 Å². The zero-order valence-electron chi connectivity index (χ0n) is 19.9. The minimum atomic E-state index is -0.305. The molecular weight excluding hydrogens is 516 g/mol. The fourth-order valence-electron chi connectivity index (χ4n) is 5.65. The summed E-state index contributed by atoms with van der Waals surface area (Å²) in [4.78, 5) is 54.3. The molecule has 0 bridgehead atoms. The highest BCUT2D eigenvalue weighted by molar-refractivity contribution is 7.19. The number of aryl methyl sites for hydroxylation is 1. The Kier molecular flexibility index (Phi) is 6.58. The molecule has 2 unspecified atom stereocenters. The Labute approximate surface area is 222 Å². The van der Waals surface area contributed by atoms with Crippen LogP contribution in [0.5, 0.6) is 0 Å². The van der Waals surface area contributed by atoms with Crippen LogP contribution in [0.3, 0.4) is 0 Å². The zero-order chi connectivity index (χ0) is 25.5.